The van der Waals surface area contributed by atoms with Gasteiger partial charge in [0.1, 0.15) is 5.82 Å². The monoisotopic (exact) mass is 455 g/mol. The Morgan fingerprint density at radius 1 is 1.09 bits per heavy atom. The van der Waals surface area contributed by atoms with E-state index in [0.717, 1.165) is 31.6 Å². The van der Waals surface area contributed by atoms with E-state index in [4.69, 9.17) is 26.1 Å². The summed E-state index contributed by atoms with van der Waals surface area (Å²) < 4.78 is 12.7. The number of hydrogen-bond donors (Lipinski definition) is 1. The third-order valence-corrected chi connectivity index (χ3v) is 5.63. The molecule has 0 unspecified atom stereocenters. The van der Waals surface area contributed by atoms with Crippen molar-refractivity contribution in [2.45, 2.75) is 38.8 Å². The first-order chi connectivity index (χ1) is 15.6. The van der Waals surface area contributed by atoms with Gasteiger partial charge in [0.2, 0.25) is 0 Å². The number of nitrogens with zero attached hydrogens (tertiary/aromatic N) is 4. The zero-order valence-corrected chi connectivity index (χ0v) is 18.9. The van der Waals surface area contributed by atoms with Crippen LogP contribution in [-0.4, -0.2) is 35.0 Å². The van der Waals surface area contributed by atoms with Gasteiger partial charge in [-0.3, -0.25) is 4.90 Å². The fraction of sp³-hybridized carbons (Fsp3) is 0.348. The molecule has 0 spiro atoms. The van der Waals surface area contributed by atoms with Gasteiger partial charge in [-0.15, -0.1) is 0 Å². The van der Waals surface area contributed by atoms with E-state index in [0.29, 0.717) is 33.7 Å². The van der Waals surface area contributed by atoms with Crippen LogP contribution >= 0.6 is 11.6 Å². The Labute approximate surface area is 192 Å². The van der Waals surface area contributed by atoms with Gasteiger partial charge < -0.3 is 14.8 Å². The van der Waals surface area contributed by atoms with Crippen LogP contribution in [0.25, 0.3) is 0 Å². The van der Waals surface area contributed by atoms with Gasteiger partial charge in [0, 0.05) is 35.4 Å². The van der Waals surface area contributed by atoms with Gasteiger partial charge in [0.15, 0.2) is 17.3 Å². The highest BCUT2D eigenvalue weighted by atomic mass is 35.5. The Kier molecular flexibility index (Phi) is 6.80. The number of nitrogens with one attached hydrogen (secondary N) is 1. The second kappa shape index (κ2) is 9.91. The lowest BCUT2D eigenvalue weighted by atomic mass is 10.2. The maximum absolute atomic E-state index is 13.3. The van der Waals surface area contributed by atoms with Crippen LogP contribution in [0.1, 0.15) is 30.9 Å². The van der Waals surface area contributed by atoms with Gasteiger partial charge in [0.25, 0.3) is 0 Å². The van der Waals surface area contributed by atoms with Crippen molar-refractivity contribution in [2.24, 2.45) is 0 Å². The second-order valence-electron chi connectivity index (χ2n) is 7.54. The number of aromatic nitrogens is 3. The number of carbonyl (C=O) groups is 1. The Morgan fingerprint density at radius 3 is 2.62 bits per heavy atom. The fourth-order valence-corrected chi connectivity index (χ4v) is 3.84. The first-order valence-electron chi connectivity index (χ1n) is 10.6. The summed E-state index contributed by atoms with van der Waals surface area (Å²) in [6.45, 7) is 1.07. The van der Waals surface area contributed by atoms with Crippen LogP contribution in [0, 0.1) is 0 Å². The molecule has 3 aromatic rings. The summed E-state index contributed by atoms with van der Waals surface area (Å²) in [5, 5.41) is 8.18. The lowest BCUT2D eigenvalue weighted by molar-refractivity contribution is 0.256. The van der Waals surface area contributed by atoms with Crippen LogP contribution in [0.15, 0.2) is 42.5 Å². The number of fused-ring (bicyclic) bond motifs is 1. The highest BCUT2D eigenvalue weighted by molar-refractivity contribution is 6.30. The molecule has 32 heavy (non-hydrogen) atoms. The maximum Gasteiger partial charge on any atom is 0.326 e. The molecule has 9 heteroatoms. The number of hydrogen-bond acceptors (Lipinski definition) is 5. The molecule has 0 atom stereocenters. The highest BCUT2D eigenvalue weighted by Gasteiger charge is 2.22. The molecule has 0 saturated carbocycles. The van der Waals surface area contributed by atoms with E-state index in [1.54, 1.807) is 55.5 Å². The van der Waals surface area contributed by atoms with Crippen LogP contribution < -0.4 is 19.7 Å². The third-order valence-electron chi connectivity index (χ3n) is 5.38. The number of methoxy groups -OCH3 is 2. The smallest absolute Gasteiger partial charge is 0.326 e. The van der Waals surface area contributed by atoms with E-state index in [9.17, 15) is 4.79 Å². The SMILES string of the molecule is COc1ccc(N(Cc2nc3n(n2)CCCCC3)C(=O)Nc2ccc(Cl)cc2)cc1OC. The lowest BCUT2D eigenvalue weighted by Crippen LogP contribution is -2.35. The van der Waals surface area contributed by atoms with Crippen LogP contribution in [0.2, 0.25) is 5.02 Å². The highest BCUT2D eigenvalue weighted by Crippen LogP contribution is 2.32. The number of urea groups is 1. The van der Waals surface area contributed by atoms with Crippen molar-refractivity contribution in [3.05, 3.63) is 59.1 Å². The summed E-state index contributed by atoms with van der Waals surface area (Å²) in [6.07, 6.45) is 4.28. The zero-order chi connectivity index (χ0) is 22.5. The van der Waals surface area contributed by atoms with Gasteiger partial charge in [-0.2, -0.15) is 5.10 Å². The molecular weight excluding hydrogens is 430 g/mol. The van der Waals surface area contributed by atoms with Gasteiger partial charge >= 0.3 is 6.03 Å². The summed E-state index contributed by atoms with van der Waals surface area (Å²) in [5.41, 5.74) is 1.28. The van der Waals surface area contributed by atoms with Crippen LogP contribution in [0.3, 0.4) is 0 Å². The Bertz CT molecular complexity index is 1060. The molecule has 2 aromatic carbocycles. The molecule has 8 nitrogen and oxygen atoms in total. The number of anilines is 2. The molecule has 1 aliphatic rings. The number of halogens is 1. The predicted molar refractivity (Wildman–Crippen MR) is 124 cm³/mol. The largest absolute Gasteiger partial charge is 0.493 e. The third kappa shape index (κ3) is 4.96. The number of amides is 2. The van der Waals surface area contributed by atoms with Crippen molar-refractivity contribution in [1.29, 1.82) is 0 Å². The number of rotatable bonds is 6. The van der Waals surface area contributed by atoms with Crippen LogP contribution in [0.4, 0.5) is 16.2 Å². The summed E-state index contributed by atoms with van der Waals surface area (Å²) >= 11 is 5.97. The molecule has 168 valence electrons. The molecule has 1 aliphatic heterocycles. The molecule has 2 amide bonds. The van der Waals surface area contributed by atoms with Gasteiger partial charge in [-0.25, -0.2) is 14.5 Å². The molecule has 0 saturated heterocycles. The van der Waals surface area contributed by atoms with Crippen molar-refractivity contribution in [3.8, 4) is 11.5 Å². The molecular formula is C23H26ClN5O3. The number of aryl methyl sites for hydroxylation is 2. The first kappa shape index (κ1) is 22.0. The van der Waals surface area contributed by atoms with E-state index < -0.39 is 0 Å². The van der Waals surface area contributed by atoms with Gasteiger partial charge in [-0.1, -0.05) is 18.0 Å². The number of carbonyl (C=O) groups excluding carboxylic acids is 1. The molecule has 1 aromatic heterocycles. The van der Waals surface area contributed by atoms with E-state index in [1.165, 1.54) is 6.42 Å². The van der Waals surface area contributed by atoms with Crippen molar-refractivity contribution in [1.82, 2.24) is 14.8 Å². The quantitative estimate of drug-likeness (QED) is 0.570. The minimum Gasteiger partial charge on any atom is -0.493 e. The van der Waals surface area contributed by atoms with E-state index in [-0.39, 0.29) is 12.6 Å². The Balaban J connectivity index is 1.64. The van der Waals surface area contributed by atoms with Crippen molar-refractivity contribution in [3.63, 3.8) is 0 Å². The van der Waals surface area contributed by atoms with Crippen molar-refractivity contribution < 1.29 is 14.3 Å². The van der Waals surface area contributed by atoms with Crippen molar-refractivity contribution >= 4 is 29.0 Å². The molecule has 0 radical (unpaired) electrons. The topological polar surface area (TPSA) is 81.5 Å². The summed E-state index contributed by atoms with van der Waals surface area (Å²) in [5.74, 6) is 2.69. The molecule has 1 N–H and O–H groups in total. The van der Waals surface area contributed by atoms with Crippen molar-refractivity contribution in [2.75, 3.05) is 24.4 Å². The standard InChI is InChI=1S/C23H26ClN5O3/c1-31-19-12-11-18(14-20(19)32-2)28(23(30)25-17-9-7-16(24)8-10-17)15-21-26-22-6-4-3-5-13-29(22)27-21/h7-12,14H,3-6,13,15H2,1-2H3,(H,25,30). The minimum absolute atomic E-state index is 0.217. The molecule has 4 rings (SSSR count). The maximum atomic E-state index is 13.3. The van der Waals surface area contributed by atoms with Gasteiger partial charge in [0.05, 0.1) is 20.8 Å². The number of ether oxygens (including phenoxy) is 2. The van der Waals surface area contributed by atoms with Crippen LogP contribution in [-0.2, 0) is 19.5 Å². The molecule has 2 heterocycles. The predicted octanol–water partition coefficient (Wildman–Crippen LogP) is 4.91. The Morgan fingerprint density at radius 2 is 1.88 bits per heavy atom. The minimum atomic E-state index is -0.315. The van der Waals surface area contributed by atoms with E-state index in [2.05, 4.69) is 10.4 Å². The molecule has 0 bridgehead atoms. The van der Waals surface area contributed by atoms with E-state index >= 15 is 0 Å². The lowest BCUT2D eigenvalue weighted by Gasteiger charge is -2.23. The summed E-state index contributed by atoms with van der Waals surface area (Å²) in [4.78, 5) is 19.6. The zero-order valence-electron chi connectivity index (χ0n) is 18.2. The average Bonchev–Trinajstić information content (AvgIpc) is 3.06. The fourth-order valence-electron chi connectivity index (χ4n) is 3.72. The number of benzene rings is 2. The first-order valence-corrected chi connectivity index (χ1v) is 10.9. The molecule has 0 aliphatic carbocycles. The van der Waals surface area contributed by atoms with E-state index in [1.807, 2.05) is 10.7 Å². The Hall–Kier alpha value is -3.26. The normalized spacial score (nSPS) is 13.1. The second-order valence-corrected chi connectivity index (χ2v) is 7.98. The van der Waals surface area contributed by atoms with Crippen LogP contribution in [0.5, 0.6) is 11.5 Å². The summed E-state index contributed by atoms with van der Waals surface area (Å²) in [7, 11) is 3.14. The van der Waals surface area contributed by atoms with Gasteiger partial charge in [-0.05, 0) is 49.2 Å². The molecule has 0 fully saturated rings. The summed E-state index contributed by atoms with van der Waals surface area (Å²) in [6, 6.07) is 12.0. The average molecular weight is 456 g/mol.